The van der Waals surface area contributed by atoms with Crippen LogP contribution < -0.4 is 5.32 Å². The average Bonchev–Trinajstić information content (AvgIpc) is 3.15. The molecule has 0 spiro atoms. The summed E-state index contributed by atoms with van der Waals surface area (Å²) in [6.07, 6.45) is 1.84. The van der Waals surface area contributed by atoms with Gasteiger partial charge in [0.15, 0.2) is 0 Å². The van der Waals surface area contributed by atoms with Gasteiger partial charge in [0.05, 0.1) is 24.2 Å². The molecule has 2 heterocycles. The summed E-state index contributed by atoms with van der Waals surface area (Å²) in [4.78, 5) is 13.0. The third-order valence-corrected chi connectivity index (χ3v) is 4.78. The fraction of sp³-hybridized carbons (Fsp3) is 0.353. The number of nitrogens with one attached hydrogen (secondary N) is 1. The van der Waals surface area contributed by atoms with E-state index >= 15 is 0 Å². The molecule has 0 saturated carbocycles. The van der Waals surface area contributed by atoms with Crippen molar-refractivity contribution in [3.63, 3.8) is 0 Å². The number of carbonyl (C=O) groups is 1. The minimum atomic E-state index is 0.0354. The molecule has 0 unspecified atom stereocenters. The predicted molar refractivity (Wildman–Crippen MR) is 96.1 cm³/mol. The summed E-state index contributed by atoms with van der Waals surface area (Å²) in [5, 5.41) is 11.9. The van der Waals surface area contributed by atoms with Crippen molar-refractivity contribution in [2.75, 3.05) is 12.3 Å². The van der Waals surface area contributed by atoms with Crippen LogP contribution >= 0.6 is 11.8 Å². The van der Waals surface area contributed by atoms with Crippen LogP contribution in [0.1, 0.15) is 12.6 Å². The lowest BCUT2D eigenvalue weighted by Gasteiger charge is -2.06. The summed E-state index contributed by atoms with van der Waals surface area (Å²) in [6, 6.07) is 9.93. The van der Waals surface area contributed by atoms with Gasteiger partial charge in [-0.3, -0.25) is 14.2 Å². The molecule has 0 atom stereocenters. The highest BCUT2D eigenvalue weighted by Gasteiger charge is 2.12. The molecule has 0 fully saturated rings. The number of carbonyl (C=O) groups excluding carboxylic acids is 1. The molecule has 0 aliphatic rings. The molecule has 2 aromatic heterocycles. The van der Waals surface area contributed by atoms with Crippen molar-refractivity contribution in [1.82, 2.24) is 24.9 Å². The second kappa shape index (κ2) is 7.53. The fourth-order valence-electron chi connectivity index (χ4n) is 2.65. The minimum Gasteiger partial charge on any atom is -0.354 e. The summed E-state index contributed by atoms with van der Waals surface area (Å²) >= 11 is 1.54. The molecule has 0 saturated heterocycles. The van der Waals surface area contributed by atoms with E-state index < -0.39 is 0 Å². The van der Waals surface area contributed by atoms with Gasteiger partial charge in [-0.2, -0.15) is 10.2 Å². The van der Waals surface area contributed by atoms with Crippen molar-refractivity contribution in [2.45, 2.75) is 31.8 Å². The van der Waals surface area contributed by atoms with E-state index in [-0.39, 0.29) is 5.91 Å². The largest absolute Gasteiger partial charge is 0.354 e. The molecule has 1 amide bonds. The van der Waals surface area contributed by atoms with Gasteiger partial charge in [0.1, 0.15) is 11.0 Å². The highest BCUT2D eigenvalue weighted by Crippen LogP contribution is 2.18. The Morgan fingerprint density at radius 3 is 2.79 bits per heavy atom. The summed E-state index contributed by atoms with van der Waals surface area (Å²) in [5.41, 5.74) is 3.06. The lowest BCUT2D eigenvalue weighted by molar-refractivity contribution is -0.118. The fourth-order valence-corrected chi connectivity index (χ4v) is 3.40. The van der Waals surface area contributed by atoms with Crippen molar-refractivity contribution in [2.24, 2.45) is 0 Å². The number of thioether (sulfide) groups is 1. The van der Waals surface area contributed by atoms with Gasteiger partial charge in [-0.05, 0) is 26.0 Å². The number of hydrogen-bond donors (Lipinski definition) is 1. The van der Waals surface area contributed by atoms with Crippen molar-refractivity contribution in [3.05, 3.63) is 42.2 Å². The molecule has 1 aromatic carbocycles. The van der Waals surface area contributed by atoms with E-state index in [1.54, 1.807) is 0 Å². The molecule has 3 rings (SSSR count). The van der Waals surface area contributed by atoms with E-state index in [2.05, 4.69) is 22.4 Å². The number of nitrogens with zero attached hydrogens (tertiary/aromatic N) is 4. The lowest BCUT2D eigenvalue weighted by atomic mass is 10.4. The second-order valence-corrected chi connectivity index (χ2v) is 6.50. The third kappa shape index (κ3) is 3.62. The van der Waals surface area contributed by atoms with E-state index in [0.29, 0.717) is 18.8 Å². The van der Waals surface area contributed by atoms with Crippen molar-refractivity contribution < 1.29 is 4.79 Å². The maximum Gasteiger partial charge on any atom is 0.230 e. The molecule has 7 heteroatoms. The van der Waals surface area contributed by atoms with Crippen LogP contribution in [0.2, 0.25) is 0 Å². The molecule has 6 nitrogen and oxygen atoms in total. The Morgan fingerprint density at radius 2 is 2.04 bits per heavy atom. The van der Waals surface area contributed by atoms with Gasteiger partial charge in [-0.25, -0.2) is 0 Å². The molecule has 0 aliphatic heterocycles. The van der Waals surface area contributed by atoms with Gasteiger partial charge in [0.2, 0.25) is 5.91 Å². The van der Waals surface area contributed by atoms with E-state index in [1.807, 2.05) is 52.8 Å². The highest BCUT2D eigenvalue weighted by molar-refractivity contribution is 8.00. The molecule has 0 bridgehead atoms. The van der Waals surface area contributed by atoms with E-state index in [4.69, 9.17) is 0 Å². The van der Waals surface area contributed by atoms with Gasteiger partial charge >= 0.3 is 0 Å². The van der Waals surface area contributed by atoms with Gasteiger partial charge < -0.3 is 5.32 Å². The third-order valence-electron chi connectivity index (χ3n) is 3.77. The minimum absolute atomic E-state index is 0.0354. The zero-order valence-electron chi connectivity index (χ0n) is 13.9. The van der Waals surface area contributed by atoms with Crippen LogP contribution in [0.4, 0.5) is 0 Å². The molecule has 3 aromatic rings. The molecule has 1 N–H and O–H groups in total. The van der Waals surface area contributed by atoms with Crippen molar-refractivity contribution >= 4 is 28.7 Å². The Hall–Kier alpha value is -2.28. The second-order valence-electron chi connectivity index (χ2n) is 5.45. The molecule has 24 heavy (non-hydrogen) atoms. The predicted octanol–water partition coefficient (Wildman–Crippen LogP) is 2.47. The molecular weight excluding hydrogens is 322 g/mol. The quantitative estimate of drug-likeness (QED) is 0.669. The number of benzene rings is 1. The monoisotopic (exact) mass is 343 g/mol. The Labute approximate surface area is 145 Å². The van der Waals surface area contributed by atoms with E-state index in [0.717, 1.165) is 28.2 Å². The molecule has 0 radical (unpaired) electrons. The maximum absolute atomic E-state index is 11.9. The summed E-state index contributed by atoms with van der Waals surface area (Å²) < 4.78 is 3.86. The van der Waals surface area contributed by atoms with Gasteiger partial charge in [0.25, 0.3) is 0 Å². The zero-order chi connectivity index (χ0) is 16.9. The van der Waals surface area contributed by atoms with Crippen LogP contribution in [0.5, 0.6) is 0 Å². The van der Waals surface area contributed by atoms with Crippen LogP contribution in [-0.2, 0) is 17.9 Å². The summed E-state index contributed by atoms with van der Waals surface area (Å²) in [6.45, 7) is 6.07. The standard InChI is InChI=1S/C17H21N5OS/c1-3-21-15-11-19-22(17(15)13(2)20-21)10-9-18-16(23)12-24-14-7-5-4-6-8-14/h4-8,11H,3,9-10,12H2,1-2H3,(H,18,23). The summed E-state index contributed by atoms with van der Waals surface area (Å²) in [5.74, 6) is 0.457. The Morgan fingerprint density at radius 1 is 1.25 bits per heavy atom. The number of fused-ring (bicyclic) bond motifs is 1. The van der Waals surface area contributed by atoms with Crippen LogP contribution in [0, 0.1) is 6.92 Å². The van der Waals surface area contributed by atoms with Crippen molar-refractivity contribution in [1.29, 1.82) is 0 Å². The molecular formula is C17H21N5OS. The first-order chi connectivity index (χ1) is 11.7. The Balaban J connectivity index is 1.51. The van der Waals surface area contributed by atoms with Crippen LogP contribution in [-0.4, -0.2) is 37.8 Å². The van der Waals surface area contributed by atoms with Crippen molar-refractivity contribution in [3.8, 4) is 0 Å². The Kier molecular flexibility index (Phi) is 5.20. The van der Waals surface area contributed by atoms with Gasteiger partial charge in [-0.1, -0.05) is 18.2 Å². The molecule has 0 aliphatic carbocycles. The van der Waals surface area contributed by atoms with Gasteiger partial charge in [-0.15, -0.1) is 11.8 Å². The number of aromatic nitrogens is 4. The number of aryl methyl sites for hydroxylation is 2. The Bertz CT molecular complexity index is 824. The summed E-state index contributed by atoms with van der Waals surface area (Å²) in [7, 11) is 0. The SMILES string of the molecule is CCn1nc(C)c2c1cnn2CCNC(=O)CSc1ccccc1. The maximum atomic E-state index is 11.9. The smallest absolute Gasteiger partial charge is 0.230 e. The van der Waals surface area contributed by atoms with Gasteiger partial charge in [0, 0.05) is 18.0 Å². The highest BCUT2D eigenvalue weighted by atomic mass is 32.2. The van der Waals surface area contributed by atoms with E-state index in [1.165, 1.54) is 11.8 Å². The van der Waals surface area contributed by atoms with Crippen LogP contribution in [0.25, 0.3) is 11.0 Å². The van der Waals surface area contributed by atoms with Crippen LogP contribution in [0.15, 0.2) is 41.4 Å². The number of amides is 1. The number of rotatable bonds is 7. The zero-order valence-corrected chi connectivity index (χ0v) is 14.7. The molecule has 126 valence electrons. The topological polar surface area (TPSA) is 64.7 Å². The normalized spacial score (nSPS) is 11.1. The van der Waals surface area contributed by atoms with Crippen LogP contribution in [0.3, 0.4) is 0 Å². The first kappa shape index (κ1) is 16.6. The number of hydrogen-bond acceptors (Lipinski definition) is 4. The lowest BCUT2D eigenvalue weighted by Crippen LogP contribution is -2.28. The first-order valence-electron chi connectivity index (χ1n) is 8.02. The average molecular weight is 343 g/mol. The van der Waals surface area contributed by atoms with E-state index in [9.17, 15) is 4.79 Å². The first-order valence-corrected chi connectivity index (χ1v) is 9.01.